The molecule has 0 bridgehead atoms. The van der Waals surface area contributed by atoms with Gasteiger partial charge in [0.25, 0.3) is 0 Å². The van der Waals surface area contributed by atoms with E-state index >= 15 is 0 Å². The molecule has 0 unspecified atom stereocenters. The van der Waals surface area contributed by atoms with E-state index < -0.39 is 0 Å². The highest BCUT2D eigenvalue weighted by Crippen LogP contribution is 2.43. The van der Waals surface area contributed by atoms with Crippen molar-refractivity contribution in [2.75, 3.05) is 0 Å². The Kier molecular flexibility index (Phi) is 6.54. The van der Waals surface area contributed by atoms with E-state index in [1.165, 1.54) is 77.0 Å². The number of rotatable bonds is 5. The minimum atomic E-state index is 0.937. The molecule has 108 valence electrons. The maximum atomic E-state index is 2.58. The number of allylic oxidation sites excluding steroid dienone is 2. The Bertz CT molecular complexity index is 251. The van der Waals surface area contributed by atoms with E-state index in [9.17, 15) is 0 Å². The van der Waals surface area contributed by atoms with Gasteiger partial charge in [-0.15, -0.1) is 5.47 Å². The highest BCUT2D eigenvalue weighted by Gasteiger charge is 2.35. The van der Waals surface area contributed by atoms with E-state index in [4.69, 9.17) is 0 Å². The molecule has 0 N–H and O–H groups in total. The molecule has 0 aliphatic heterocycles. The van der Waals surface area contributed by atoms with Crippen molar-refractivity contribution in [2.45, 2.75) is 103 Å². The molecule has 0 saturated heterocycles. The molecule has 2 rings (SSSR count). The van der Waals surface area contributed by atoms with Crippen molar-refractivity contribution in [1.29, 1.82) is 0 Å². The molecule has 0 atom stereocenters. The van der Waals surface area contributed by atoms with Gasteiger partial charge >= 0.3 is 0 Å². The lowest BCUT2D eigenvalue weighted by molar-refractivity contribution is 0.463. The molecule has 2 fully saturated rings. The molecular weight excluding hydrogens is 227 g/mol. The monoisotopic (exact) mass is 260 g/mol. The Morgan fingerprint density at radius 1 is 0.895 bits per heavy atom. The zero-order chi connectivity index (χ0) is 13.5. The average Bonchev–Trinajstić information content (AvgIpc) is 2.47. The molecule has 0 amide bonds. The summed E-state index contributed by atoms with van der Waals surface area (Å²) in [4.78, 5) is 0. The van der Waals surface area contributed by atoms with Crippen LogP contribution in [0, 0.1) is 0 Å². The summed E-state index contributed by atoms with van der Waals surface area (Å²) in [5.74, 6) is 2.04. The maximum Gasteiger partial charge on any atom is 0.176 e. The smallest absolute Gasteiger partial charge is 0.107 e. The van der Waals surface area contributed by atoms with E-state index in [0.29, 0.717) is 0 Å². The first-order valence-corrected chi connectivity index (χ1v) is 8.99. The third-order valence-electron chi connectivity index (χ3n) is 5.60. The highest BCUT2D eigenvalue weighted by atomic mass is 14.2. The fourth-order valence-electron chi connectivity index (χ4n) is 4.62. The zero-order valence-electron chi connectivity index (χ0n) is 13.3. The number of hydrogen-bond donors (Lipinski definition) is 0. The molecule has 19 heavy (non-hydrogen) atoms. The minimum Gasteiger partial charge on any atom is -0.107 e. The van der Waals surface area contributed by atoms with Crippen molar-refractivity contribution in [2.24, 2.45) is 0 Å². The second kappa shape index (κ2) is 8.17. The van der Waals surface area contributed by atoms with Crippen molar-refractivity contribution in [3.05, 3.63) is 11.5 Å². The van der Waals surface area contributed by atoms with Crippen LogP contribution in [0.3, 0.4) is 0 Å². The second-order valence-corrected chi connectivity index (χ2v) is 7.06. The summed E-state index contributed by atoms with van der Waals surface area (Å²) < 4.78 is 0. The van der Waals surface area contributed by atoms with E-state index in [1.807, 2.05) is 0 Å². The van der Waals surface area contributed by atoms with E-state index in [-0.39, 0.29) is 0 Å². The largest absolute Gasteiger partial charge is 0.176 e. The molecule has 0 radical (unpaired) electrons. The standard InChI is InChI=1S/C18H33B/c1-3-4-11-16(2)19(17-12-7-5-8-13-17)18-14-9-6-10-15-18/h11,17-18H,3-10,12-15H2,1-2H3/b16-11+. The normalized spacial score (nSPS) is 23.6. The molecule has 0 nitrogen and oxygen atoms in total. The van der Waals surface area contributed by atoms with Crippen LogP contribution in [-0.4, -0.2) is 6.71 Å². The molecule has 0 aromatic heterocycles. The van der Waals surface area contributed by atoms with Crippen molar-refractivity contribution < 1.29 is 0 Å². The third-order valence-corrected chi connectivity index (χ3v) is 5.60. The van der Waals surface area contributed by atoms with Gasteiger partial charge in [0.2, 0.25) is 0 Å². The Morgan fingerprint density at radius 2 is 1.37 bits per heavy atom. The van der Waals surface area contributed by atoms with Crippen LogP contribution in [0.15, 0.2) is 11.5 Å². The quantitative estimate of drug-likeness (QED) is 0.499. The SMILES string of the molecule is CCC/C=C(\C)B(C1CCCCC1)C1CCCCC1. The summed E-state index contributed by atoms with van der Waals surface area (Å²) in [5.41, 5.74) is 1.75. The lowest BCUT2D eigenvalue weighted by Gasteiger charge is -2.36. The van der Waals surface area contributed by atoms with Gasteiger partial charge in [-0.05, 0) is 6.42 Å². The Balaban J connectivity index is 2.06. The fourth-order valence-corrected chi connectivity index (χ4v) is 4.62. The van der Waals surface area contributed by atoms with Crippen LogP contribution in [-0.2, 0) is 0 Å². The zero-order valence-corrected chi connectivity index (χ0v) is 13.3. The third kappa shape index (κ3) is 4.40. The lowest BCUT2D eigenvalue weighted by Crippen LogP contribution is -2.31. The number of hydrogen-bond acceptors (Lipinski definition) is 0. The maximum absolute atomic E-state index is 2.58. The van der Waals surface area contributed by atoms with Crippen LogP contribution in [0.4, 0.5) is 0 Å². The summed E-state index contributed by atoms with van der Waals surface area (Å²) in [7, 11) is 0. The molecule has 2 aliphatic rings. The highest BCUT2D eigenvalue weighted by molar-refractivity contribution is 6.69. The molecule has 2 saturated carbocycles. The van der Waals surface area contributed by atoms with Gasteiger partial charge in [-0.3, -0.25) is 0 Å². The molecular formula is C18H33B. The topological polar surface area (TPSA) is 0 Å². The second-order valence-electron chi connectivity index (χ2n) is 7.06. The Labute approximate surface area is 121 Å². The van der Waals surface area contributed by atoms with Gasteiger partial charge in [0.15, 0.2) is 6.71 Å². The Morgan fingerprint density at radius 3 is 1.79 bits per heavy atom. The molecule has 1 heteroatoms. The van der Waals surface area contributed by atoms with Gasteiger partial charge < -0.3 is 0 Å². The van der Waals surface area contributed by atoms with Crippen LogP contribution in [0.5, 0.6) is 0 Å². The fraction of sp³-hybridized carbons (Fsp3) is 0.889. The minimum absolute atomic E-state index is 0.937. The first-order chi connectivity index (χ1) is 9.33. The van der Waals surface area contributed by atoms with Crippen molar-refractivity contribution in [1.82, 2.24) is 0 Å². The molecule has 2 aliphatic carbocycles. The first kappa shape index (κ1) is 15.2. The summed E-state index contributed by atoms with van der Waals surface area (Å²) in [5, 5.41) is 0. The average molecular weight is 260 g/mol. The summed E-state index contributed by atoms with van der Waals surface area (Å²) in [6.07, 6.45) is 20.2. The molecule has 0 spiro atoms. The van der Waals surface area contributed by atoms with Crippen LogP contribution in [0.25, 0.3) is 0 Å². The van der Waals surface area contributed by atoms with Gasteiger partial charge in [0.1, 0.15) is 0 Å². The van der Waals surface area contributed by atoms with Crippen molar-refractivity contribution in [3.8, 4) is 0 Å². The predicted octanol–water partition coefficient (Wildman–Crippen LogP) is 6.44. The molecule has 0 aromatic rings. The molecule has 0 aromatic carbocycles. The lowest BCUT2D eigenvalue weighted by atomic mass is 9.27. The number of unbranched alkanes of at least 4 members (excludes halogenated alkanes) is 1. The van der Waals surface area contributed by atoms with E-state index in [2.05, 4.69) is 19.9 Å². The van der Waals surface area contributed by atoms with Gasteiger partial charge in [-0.25, -0.2) is 0 Å². The van der Waals surface area contributed by atoms with Gasteiger partial charge in [-0.2, -0.15) is 0 Å². The Hall–Kier alpha value is -0.195. The van der Waals surface area contributed by atoms with E-state index in [0.717, 1.165) is 18.3 Å². The van der Waals surface area contributed by atoms with Gasteiger partial charge in [0, 0.05) is 0 Å². The van der Waals surface area contributed by atoms with Crippen molar-refractivity contribution in [3.63, 3.8) is 0 Å². The summed E-state index contributed by atoms with van der Waals surface area (Å²) in [6, 6.07) is 0. The summed E-state index contributed by atoms with van der Waals surface area (Å²) in [6.45, 7) is 5.69. The van der Waals surface area contributed by atoms with Crippen molar-refractivity contribution >= 4 is 6.71 Å². The predicted molar refractivity (Wildman–Crippen MR) is 88.1 cm³/mol. The molecule has 0 heterocycles. The van der Waals surface area contributed by atoms with Crippen LogP contribution in [0.2, 0.25) is 11.6 Å². The van der Waals surface area contributed by atoms with Gasteiger partial charge in [-0.1, -0.05) is 102 Å². The van der Waals surface area contributed by atoms with Crippen LogP contribution >= 0.6 is 0 Å². The van der Waals surface area contributed by atoms with Gasteiger partial charge in [0.05, 0.1) is 0 Å². The first-order valence-electron chi connectivity index (χ1n) is 8.99. The van der Waals surface area contributed by atoms with Crippen LogP contribution in [0.1, 0.15) is 90.9 Å². The van der Waals surface area contributed by atoms with E-state index in [1.54, 1.807) is 5.47 Å². The van der Waals surface area contributed by atoms with Crippen LogP contribution < -0.4 is 0 Å². The summed E-state index contributed by atoms with van der Waals surface area (Å²) >= 11 is 0.